The van der Waals surface area contributed by atoms with Crippen molar-refractivity contribution in [3.8, 4) is 0 Å². The van der Waals surface area contributed by atoms with Crippen LogP contribution in [-0.4, -0.2) is 23.7 Å². The van der Waals surface area contributed by atoms with Crippen molar-refractivity contribution in [3.05, 3.63) is 0 Å². The van der Waals surface area contributed by atoms with Crippen LogP contribution in [0.1, 0.15) is 6.42 Å². The monoisotopic (exact) mass is 134 g/mol. The van der Waals surface area contributed by atoms with E-state index < -0.39 is 12.0 Å². The van der Waals surface area contributed by atoms with E-state index in [2.05, 4.69) is 10.7 Å². The lowest BCUT2D eigenvalue weighted by Crippen LogP contribution is -2.31. The third-order valence-electron chi connectivity index (χ3n) is 0.864. The van der Waals surface area contributed by atoms with Gasteiger partial charge in [-0.05, 0) is 6.42 Å². The summed E-state index contributed by atoms with van der Waals surface area (Å²) in [4.78, 5) is 14.1. The van der Waals surface area contributed by atoms with Gasteiger partial charge >= 0.3 is 5.97 Å². The van der Waals surface area contributed by atoms with Gasteiger partial charge in [-0.2, -0.15) is 0 Å². The standard InChI is InChI=1S/C4H10N2O3/c5-3(4(7)8)1-2-9-6/h3H,1-2,5-6H2,(H,7,8)/t3-/m0/s1. The summed E-state index contributed by atoms with van der Waals surface area (Å²) in [6, 6.07) is -0.867. The van der Waals surface area contributed by atoms with Gasteiger partial charge in [-0.25, -0.2) is 5.90 Å². The van der Waals surface area contributed by atoms with Crippen LogP contribution in [0.4, 0.5) is 0 Å². The summed E-state index contributed by atoms with van der Waals surface area (Å²) in [6.45, 7) is 0.174. The van der Waals surface area contributed by atoms with Crippen molar-refractivity contribution < 1.29 is 14.7 Å². The molecule has 0 saturated heterocycles. The normalized spacial score (nSPS) is 13.1. The van der Waals surface area contributed by atoms with Crippen LogP contribution in [0.5, 0.6) is 0 Å². The van der Waals surface area contributed by atoms with Crippen LogP contribution >= 0.6 is 0 Å². The summed E-state index contributed by atoms with van der Waals surface area (Å²) in [7, 11) is 0. The molecule has 0 radical (unpaired) electrons. The van der Waals surface area contributed by atoms with Crippen LogP contribution in [-0.2, 0) is 9.63 Å². The third-order valence-corrected chi connectivity index (χ3v) is 0.864. The van der Waals surface area contributed by atoms with Gasteiger partial charge in [0.15, 0.2) is 0 Å². The smallest absolute Gasteiger partial charge is 0.320 e. The highest BCUT2D eigenvalue weighted by atomic mass is 16.6. The average Bonchev–Trinajstić information content (AvgIpc) is 1.82. The van der Waals surface area contributed by atoms with Gasteiger partial charge < -0.3 is 15.7 Å². The van der Waals surface area contributed by atoms with Gasteiger partial charge in [-0.15, -0.1) is 0 Å². The second-order valence-electron chi connectivity index (χ2n) is 1.60. The zero-order valence-corrected chi connectivity index (χ0v) is 4.91. The number of hydrogen-bond acceptors (Lipinski definition) is 4. The molecule has 0 aromatic heterocycles. The minimum absolute atomic E-state index is 0.174. The predicted molar refractivity (Wildman–Crippen MR) is 30.4 cm³/mol. The molecule has 0 unspecified atom stereocenters. The van der Waals surface area contributed by atoms with Gasteiger partial charge in [0.25, 0.3) is 0 Å². The minimum Gasteiger partial charge on any atom is -0.480 e. The molecule has 0 heterocycles. The van der Waals surface area contributed by atoms with Crippen molar-refractivity contribution in [2.24, 2.45) is 11.6 Å². The number of rotatable bonds is 4. The zero-order valence-electron chi connectivity index (χ0n) is 4.91. The number of carbonyl (C=O) groups is 1. The molecule has 0 aliphatic carbocycles. The van der Waals surface area contributed by atoms with Crippen molar-refractivity contribution in [1.82, 2.24) is 0 Å². The largest absolute Gasteiger partial charge is 0.480 e. The Morgan fingerprint density at radius 3 is 2.67 bits per heavy atom. The maximum Gasteiger partial charge on any atom is 0.320 e. The number of nitrogens with two attached hydrogens (primary N) is 2. The van der Waals surface area contributed by atoms with Crippen LogP contribution in [0.15, 0.2) is 0 Å². The Morgan fingerprint density at radius 1 is 1.78 bits per heavy atom. The van der Waals surface area contributed by atoms with E-state index in [1.165, 1.54) is 0 Å². The first kappa shape index (κ1) is 8.35. The Labute approximate surface area is 52.5 Å². The van der Waals surface area contributed by atoms with E-state index in [0.717, 1.165) is 0 Å². The summed E-state index contributed by atoms with van der Waals surface area (Å²) in [5.41, 5.74) is 5.07. The van der Waals surface area contributed by atoms with E-state index in [1.54, 1.807) is 0 Å². The lowest BCUT2D eigenvalue weighted by atomic mass is 10.2. The predicted octanol–water partition coefficient (Wildman–Crippen LogP) is -1.32. The molecular weight excluding hydrogens is 124 g/mol. The molecule has 0 aliphatic heterocycles. The highest BCUT2D eigenvalue weighted by Gasteiger charge is 2.09. The van der Waals surface area contributed by atoms with E-state index in [0.29, 0.717) is 0 Å². The molecule has 5 heteroatoms. The van der Waals surface area contributed by atoms with Crippen molar-refractivity contribution >= 4 is 5.97 Å². The van der Waals surface area contributed by atoms with E-state index in [9.17, 15) is 4.79 Å². The number of carboxylic acid groups (broad SMARTS) is 1. The van der Waals surface area contributed by atoms with Crippen LogP contribution in [0.2, 0.25) is 0 Å². The van der Waals surface area contributed by atoms with Crippen LogP contribution in [0, 0.1) is 0 Å². The molecule has 5 N–H and O–H groups in total. The Morgan fingerprint density at radius 2 is 2.33 bits per heavy atom. The molecular formula is C4H10N2O3. The Bertz CT molecular complexity index is 95.8. The molecule has 0 rings (SSSR count). The van der Waals surface area contributed by atoms with Crippen LogP contribution in [0.25, 0.3) is 0 Å². The van der Waals surface area contributed by atoms with E-state index in [-0.39, 0.29) is 13.0 Å². The molecule has 0 spiro atoms. The fourth-order valence-corrected chi connectivity index (χ4v) is 0.318. The summed E-state index contributed by atoms with van der Waals surface area (Å²) < 4.78 is 0. The molecule has 0 bridgehead atoms. The lowest BCUT2D eigenvalue weighted by Gasteiger charge is -2.02. The Kier molecular flexibility index (Phi) is 3.94. The first-order valence-corrected chi connectivity index (χ1v) is 2.48. The van der Waals surface area contributed by atoms with E-state index >= 15 is 0 Å². The van der Waals surface area contributed by atoms with Crippen molar-refractivity contribution in [3.63, 3.8) is 0 Å². The molecule has 9 heavy (non-hydrogen) atoms. The first-order chi connectivity index (χ1) is 4.18. The Balaban J connectivity index is 3.27. The highest BCUT2D eigenvalue weighted by molar-refractivity contribution is 5.72. The van der Waals surface area contributed by atoms with Gasteiger partial charge in [0, 0.05) is 0 Å². The van der Waals surface area contributed by atoms with Crippen LogP contribution < -0.4 is 11.6 Å². The molecule has 54 valence electrons. The van der Waals surface area contributed by atoms with Crippen molar-refractivity contribution in [2.45, 2.75) is 12.5 Å². The number of hydrogen-bond donors (Lipinski definition) is 3. The SMILES string of the molecule is NOCC[C@H](N)C(=O)O. The fraction of sp³-hybridized carbons (Fsp3) is 0.750. The summed E-state index contributed by atoms with van der Waals surface area (Å²) in [5, 5.41) is 8.19. The fourth-order valence-electron chi connectivity index (χ4n) is 0.318. The van der Waals surface area contributed by atoms with E-state index in [4.69, 9.17) is 10.8 Å². The molecule has 0 aromatic rings. The molecule has 0 aromatic carbocycles. The topological polar surface area (TPSA) is 98.6 Å². The number of carboxylic acids is 1. The van der Waals surface area contributed by atoms with Gasteiger partial charge in [-0.1, -0.05) is 0 Å². The van der Waals surface area contributed by atoms with Crippen molar-refractivity contribution in [2.75, 3.05) is 6.61 Å². The maximum atomic E-state index is 9.98. The third kappa shape index (κ3) is 3.89. The van der Waals surface area contributed by atoms with Crippen LogP contribution in [0.3, 0.4) is 0 Å². The van der Waals surface area contributed by atoms with Gasteiger partial charge in [0.2, 0.25) is 0 Å². The second-order valence-corrected chi connectivity index (χ2v) is 1.60. The summed E-state index contributed by atoms with van der Waals surface area (Å²) >= 11 is 0. The average molecular weight is 134 g/mol. The first-order valence-electron chi connectivity index (χ1n) is 2.48. The quantitative estimate of drug-likeness (QED) is 0.414. The molecule has 5 nitrogen and oxygen atoms in total. The van der Waals surface area contributed by atoms with Gasteiger partial charge in [0.05, 0.1) is 6.61 Å². The van der Waals surface area contributed by atoms with Gasteiger partial charge in [-0.3, -0.25) is 4.79 Å². The number of aliphatic carboxylic acids is 1. The minimum atomic E-state index is -1.04. The van der Waals surface area contributed by atoms with Gasteiger partial charge in [0.1, 0.15) is 6.04 Å². The summed E-state index contributed by atoms with van der Waals surface area (Å²) in [5.74, 6) is 3.59. The molecule has 0 amide bonds. The molecule has 0 saturated carbocycles. The molecule has 0 fully saturated rings. The maximum absolute atomic E-state index is 9.98. The lowest BCUT2D eigenvalue weighted by molar-refractivity contribution is -0.139. The molecule has 0 aliphatic rings. The summed E-state index contributed by atoms with van der Waals surface area (Å²) in [6.07, 6.45) is 0.242. The van der Waals surface area contributed by atoms with Crippen molar-refractivity contribution in [1.29, 1.82) is 0 Å². The van der Waals surface area contributed by atoms with E-state index in [1.807, 2.05) is 0 Å². The molecule has 1 atom stereocenters. The highest BCUT2D eigenvalue weighted by Crippen LogP contribution is 1.85. The zero-order chi connectivity index (χ0) is 7.28. The second kappa shape index (κ2) is 4.25. The Hall–Kier alpha value is -0.650.